The Morgan fingerprint density at radius 1 is 1.41 bits per heavy atom. The van der Waals surface area contributed by atoms with Crippen LogP contribution in [0.5, 0.6) is 0 Å². The van der Waals surface area contributed by atoms with E-state index in [1.54, 1.807) is 12.4 Å². The quantitative estimate of drug-likeness (QED) is 0.728. The number of hydrogen-bond donors (Lipinski definition) is 2. The molecule has 0 aromatic carbocycles. The number of nitrogens with zero attached hydrogens (tertiary/aromatic N) is 3. The highest BCUT2D eigenvalue weighted by atomic mass is 16.2. The molecule has 0 spiro atoms. The van der Waals surface area contributed by atoms with Gasteiger partial charge in [-0.15, -0.1) is 5.10 Å². The van der Waals surface area contributed by atoms with E-state index in [0.29, 0.717) is 0 Å². The van der Waals surface area contributed by atoms with Crippen molar-refractivity contribution < 1.29 is 4.79 Å². The molecule has 6 heteroatoms. The van der Waals surface area contributed by atoms with Gasteiger partial charge < -0.3 is 11.1 Å². The summed E-state index contributed by atoms with van der Waals surface area (Å²) in [7, 11) is 0. The van der Waals surface area contributed by atoms with Gasteiger partial charge in [-0.2, -0.15) is 0 Å². The molecule has 0 bridgehead atoms. The Balaban J connectivity index is 1.84. The molecule has 1 amide bonds. The first-order valence-electron chi connectivity index (χ1n) is 6.15. The second-order valence-corrected chi connectivity index (χ2v) is 4.58. The second-order valence-electron chi connectivity index (χ2n) is 4.58. The summed E-state index contributed by atoms with van der Waals surface area (Å²) >= 11 is 0. The van der Waals surface area contributed by atoms with E-state index in [1.165, 1.54) is 11.1 Å². The zero-order chi connectivity index (χ0) is 12.1. The zero-order valence-corrected chi connectivity index (χ0v) is 9.88. The molecule has 2 unspecified atom stereocenters. The molecule has 1 heterocycles. The summed E-state index contributed by atoms with van der Waals surface area (Å²) in [4.78, 5) is 11.8. The van der Waals surface area contributed by atoms with Gasteiger partial charge in [-0.25, -0.2) is 4.68 Å². The molecule has 0 aliphatic heterocycles. The summed E-state index contributed by atoms with van der Waals surface area (Å²) in [5.41, 5.74) is 6.05. The number of aromatic nitrogens is 3. The predicted molar refractivity (Wildman–Crippen MR) is 63.0 cm³/mol. The van der Waals surface area contributed by atoms with Crippen LogP contribution >= 0.6 is 0 Å². The van der Waals surface area contributed by atoms with Gasteiger partial charge in [-0.1, -0.05) is 24.5 Å². The number of nitrogens with one attached hydrogen (secondary N) is 1. The molecule has 17 heavy (non-hydrogen) atoms. The van der Waals surface area contributed by atoms with E-state index in [0.717, 1.165) is 25.7 Å². The molecule has 1 fully saturated rings. The lowest BCUT2D eigenvalue weighted by atomic mass is 10.0. The van der Waals surface area contributed by atoms with E-state index < -0.39 is 0 Å². The van der Waals surface area contributed by atoms with Crippen molar-refractivity contribution in [3.05, 3.63) is 12.4 Å². The van der Waals surface area contributed by atoms with Gasteiger partial charge in [-0.3, -0.25) is 4.79 Å². The van der Waals surface area contributed by atoms with Crippen LogP contribution in [0.3, 0.4) is 0 Å². The van der Waals surface area contributed by atoms with E-state index in [2.05, 4.69) is 15.6 Å². The van der Waals surface area contributed by atoms with Crippen LogP contribution in [0, 0.1) is 0 Å². The third-order valence-corrected chi connectivity index (χ3v) is 3.19. The van der Waals surface area contributed by atoms with E-state index in [1.807, 2.05) is 0 Å². The summed E-state index contributed by atoms with van der Waals surface area (Å²) in [6.07, 6.45) is 8.72. The minimum atomic E-state index is -0.0437. The number of hydrogen-bond acceptors (Lipinski definition) is 4. The Hall–Kier alpha value is -1.43. The van der Waals surface area contributed by atoms with Crippen LogP contribution in [0.2, 0.25) is 0 Å². The maximum Gasteiger partial charge on any atom is 0.242 e. The standard InChI is InChI=1S/C11H19N5O/c12-9-4-2-1-3-5-10(9)14-11(17)8-16-7-6-13-15-16/h6-7,9-10H,1-5,8,12H2,(H,14,17). The molecule has 6 nitrogen and oxygen atoms in total. The average molecular weight is 237 g/mol. The molecule has 2 atom stereocenters. The maximum absolute atomic E-state index is 11.8. The number of rotatable bonds is 3. The molecule has 1 saturated carbocycles. The van der Waals surface area contributed by atoms with Crippen molar-refractivity contribution in [3.8, 4) is 0 Å². The van der Waals surface area contributed by atoms with Crippen molar-refractivity contribution >= 4 is 5.91 Å². The summed E-state index contributed by atoms with van der Waals surface area (Å²) in [5.74, 6) is -0.0437. The lowest BCUT2D eigenvalue weighted by Gasteiger charge is -2.22. The molecular formula is C11H19N5O. The molecule has 3 N–H and O–H groups in total. The highest BCUT2D eigenvalue weighted by molar-refractivity contribution is 5.76. The highest BCUT2D eigenvalue weighted by Crippen LogP contribution is 2.16. The van der Waals surface area contributed by atoms with Gasteiger partial charge in [0.2, 0.25) is 5.91 Å². The predicted octanol–water partition coefficient (Wildman–Crippen LogP) is 0.0543. The van der Waals surface area contributed by atoms with Crippen LogP contribution < -0.4 is 11.1 Å². The molecule has 0 radical (unpaired) electrons. The van der Waals surface area contributed by atoms with Crippen molar-refractivity contribution in [1.29, 1.82) is 0 Å². The summed E-state index contributed by atoms with van der Waals surface area (Å²) in [6, 6.07) is 0.186. The molecule has 1 aromatic heterocycles. The van der Waals surface area contributed by atoms with E-state index >= 15 is 0 Å². The van der Waals surface area contributed by atoms with Crippen molar-refractivity contribution in [2.75, 3.05) is 0 Å². The highest BCUT2D eigenvalue weighted by Gasteiger charge is 2.21. The second kappa shape index (κ2) is 5.77. The average Bonchev–Trinajstić information content (AvgIpc) is 2.71. The van der Waals surface area contributed by atoms with E-state index in [4.69, 9.17) is 5.73 Å². The van der Waals surface area contributed by atoms with Gasteiger partial charge in [-0.05, 0) is 12.8 Å². The maximum atomic E-state index is 11.8. The first-order valence-corrected chi connectivity index (χ1v) is 6.15. The van der Waals surface area contributed by atoms with Gasteiger partial charge >= 0.3 is 0 Å². The normalized spacial score (nSPS) is 25.2. The number of nitrogens with two attached hydrogens (primary N) is 1. The van der Waals surface area contributed by atoms with Crippen molar-refractivity contribution in [3.63, 3.8) is 0 Å². The number of carbonyl (C=O) groups is 1. The van der Waals surface area contributed by atoms with Crippen LogP contribution in [-0.2, 0) is 11.3 Å². The summed E-state index contributed by atoms with van der Waals surface area (Å²) in [5, 5.41) is 10.4. The third-order valence-electron chi connectivity index (χ3n) is 3.19. The Morgan fingerprint density at radius 2 is 2.24 bits per heavy atom. The van der Waals surface area contributed by atoms with Crippen LogP contribution in [0.4, 0.5) is 0 Å². The molecule has 0 saturated heterocycles. The van der Waals surface area contributed by atoms with Gasteiger partial charge in [0.25, 0.3) is 0 Å². The fraction of sp³-hybridized carbons (Fsp3) is 0.727. The molecule has 2 rings (SSSR count). The molecule has 1 aliphatic rings. The fourth-order valence-corrected chi connectivity index (χ4v) is 2.23. The third kappa shape index (κ3) is 3.52. The monoisotopic (exact) mass is 237 g/mol. The van der Waals surface area contributed by atoms with Crippen LogP contribution in [0.1, 0.15) is 32.1 Å². The minimum absolute atomic E-state index is 0.0437. The Bertz CT molecular complexity index is 351. The first-order chi connectivity index (χ1) is 8.25. The number of amides is 1. The number of carbonyl (C=O) groups excluding carboxylic acids is 1. The molecule has 1 aliphatic carbocycles. The Labute approximate surface area is 101 Å². The molecule has 1 aromatic rings. The van der Waals surface area contributed by atoms with Crippen molar-refractivity contribution in [1.82, 2.24) is 20.3 Å². The lowest BCUT2D eigenvalue weighted by Crippen LogP contribution is -2.47. The molecule has 94 valence electrons. The van der Waals surface area contributed by atoms with E-state index in [-0.39, 0.29) is 24.5 Å². The Morgan fingerprint density at radius 3 is 3.00 bits per heavy atom. The van der Waals surface area contributed by atoms with Crippen LogP contribution in [0.15, 0.2) is 12.4 Å². The SMILES string of the molecule is NC1CCCCCC1NC(=O)Cn1ccnn1. The van der Waals surface area contributed by atoms with Gasteiger partial charge in [0, 0.05) is 18.3 Å². The lowest BCUT2D eigenvalue weighted by molar-refractivity contribution is -0.122. The topological polar surface area (TPSA) is 85.8 Å². The minimum Gasteiger partial charge on any atom is -0.350 e. The van der Waals surface area contributed by atoms with Gasteiger partial charge in [0.15, 0.2) is 0 Å². The smallest absolute Gasteiger partial charge is 0.242 e. The largest absolute Gasteiger partial charge is 0.350 e. The van der Waals surface area contributed by atoms with Crippen molar-refractivity contribution in [2.24, 2.45) is 5.73 Å². The fourth-order valence-electron chi connectivity index (χ4n) is 2.23. The van der Waals surface area contributed by atoms with E-state index in [9.17, 15) is 4.79 Å². The van der Waals surface area contributed by atoms with Crippen molar-refractivity contribution in [2.45, 2.75) is 50.7 Å². The van der Waals surface area contributed by atoms with Crippen LogP contribution in [0.25, 0.3) is 0 Å². The summed E-state index contributed by atoms with van der Waals surface area (Å²) < 4.78 is 1.51. The molecular weight excluding hydrogens is 218 g/mol. The van der Waals surface area contributed by atoms with Gasteiger partial charge in [0.05, 0.1) is 6.20 Å². The van der Waals surface area contributed by atoms with Crippen LogP contribution in [-0.4, -0.2) is 33.0 Å². The summed E-state index contributed by atoms with van der Waals surface area (Å²) in [6.45, 7) is 0.212. The Kier molecular flexibility index (Phi) is 4.08. The van der Waals surface area contributed by atoms with Gasteiger partial charge in [0.1, 0.15) is 6.54 Å². The first kappa shape index (κ1) is 12.0. The zero-order valence-electron chi connectivity index (χ0n) is 9.88.